The lowest BCUT2D eigenvalue weighted by molar-refractivity contribution is 0.102. The van der Waals surface area contributed by atoms with Crippen molar-refractivity contribution in [2.24, 2.45) is 0 Å². The van der Waals surface area contributed by atoms with E-state index >= 15 is 0 Å². The molecule has 0 aliphatic rings. The molecule has 0 bridgehead atoms. The number of hydrogen-bond donors (Lipinski definition) is 5. The predicted octanol–water partition coefficient (Wildman–Crippen LogP) is 3.18. The summed E-state index contributed by atoms with van der Waals surface area (Å²) in [4.78, 5) is 37.1. The number of benzene rings is 3. The van der Waals surface area contributed by atoms with E-state index in [1.54, 1.807) is 60.7 Å². The minimum Gasteiger partial charge on any atom is -0.380 e. The van der Waals surface area contributed by atoms with Crippen molar-refractivity contribution in [1.29, 1.82) is 0 Å². The van der Waals surface area contributed by atoms with Gasteiger partial charge in [0.15, 0.2) is 5.82 Å². The third kappa shape index (κ3) is 5.80. The Labute approximate surface area is 223 Å². The molecule has 0 fully saturated rings. The van der Waals surface area contributed by atoms with Gasteiger partial charge < -0.3 is 16.0 Å². The summed E-state index contributed by atoms with van der Waals surface area (Å²) in [6, 6.07) is 20.9. The highest BCUT2D eigenvalue weighted by Crippen LogP contribution is 2.27. The van der Waals surface area contributed by atoms with Crippen LogP contribution in [0.25, 0.3) is 10.9 Å². The zero-order chi connectivity index (χ0) is 27.6. The molecule has 0 saturated heterocycles. The van der Waals surface area contributed by atoms with Crippen LogP contribution in [0.5, 0.6) is 0 Å². The van der Waals surface area contributed by atoms with Gasteiger partial charge in [0.05, 0.1) is 11.8 Å². The lowest BCUT2D eigenvalue weighted by Crippen LogP contribution is -2.37. The monoisotopic (exact) mass is 544 g/mol. The molecule has 12 heteroatoms. The van der Waals surface area contributed by atoms with Crippen LogP contribution in [0.3, 0.4) is 0 Å². The normalized spacial score (nSPS) is 11.4. The molecule has 0 saturated carbocycles. The van der Waals surface area contributed by atoms with Crippen LogP contribution in [-0.4, -0.2) is 37.3 Å². The molecule has 1 heterocycles. The van der Waals surface area contributed by atoms with Gasteiger partial charge in [-0.3, -0.25) is 24.2 Å². The van der Waals surface area contributed by atoms with Crippen LogP contribution in [-0.2, 0) is 16.4 Å². The number of anilines is 5. The van der Waals surface area contributed by atoms with Gasteiger partial charge in [-0.25, -0.2) is 8.42 Å². The smallest absolute Gasteiger partial charge is 0.256 e. The fourth-order valence-electron chi connectivity index (χ4n) is 4.12. The average molecular weight is 545 g/mol. The van der Waals surface area contributed by atoms with Crippen LogP contribution in [0.15, 0.2) is 82.4 Å². The van der Waals surface area contributed by atoms with Gasteiger partial charge in [0.25, 0.3) is 16.8 Å². The molecule has 5 N–H and O–H groups in total. The van der Waals surface area contributed by atoms with E-state index in [4.69, 9.17) is 0 Å². The molecule has 0 aliphatic carbocycles. The highest BCUT2D eigenvalue weighted by molar-refractivity contribution is 7.92. The number of aromatic amines is 1. The van der Waals surface area contributed by atoms with Gasteiger partial charge in [-0.2, -0.15) is 5.10 Å². The molecule has 0 aliphatic heterocycles. The Balaban J connectivity index is 1.28. The molecule has 0 atom stereocenters. The molecule has 198 valence electrons. The summed E-state index contributed by atoms with van der Waals surface area (Å²) in [5.74, 6) is 0.0207. The quantitative estimate of drug-likeness (QED) is 0.167. The van der Waals surface area contributed by atoms with Gasteiger partial charge in [0.2, 0.25) is 10.0 Å². The first-order chi connectivity index (χ1) is 18.7. The van der Waals surface area contributed by atoms with Crippen LogP contribution in [0.1, 0.15) is 15.9 Å². The number of H-pyrrole nitrogens is 1. The Morgan fingerprint density at radius 2 is 1.67 bits per heavy atom. The first-order valence-corrected chi connectivity index (χ1v) is 13.8. The van der Waals surface area contributed by atoms with E-state index < -0.39 is 20.9 Å². The number of carbonyl (C=O) groups excluding carboxylic acids is 1. The second kappa shape index (κ2) is 10.4. The van der Waals surface area contributed by atoms with Crippen LogP contribution in [0.2, 0.25) is 0 Å². The molecule has 1 aromatic heterocycles. The SMILES string of the molecule is CS(=O)(=O)Nc1cccc(CCNc2c(Nc3ccc4[nH]nc(NC(=O)c5ccccc5)c4c3)c(=O)c2=O)c1. The second-order valence-electron chi connectivity index (χ2n) is 8.94. The molecule has 0 spiro atoms. The van der Waals surface area contributed by atoms with Crippen LogP contribution < -0.4 is 31.5 Å². The molecule has 1 amide bonds. The number of sulfonamides is 1. The molecule has 5 rings (SSSR count). The lowest BCUT2D eigenvalue weighted by atomic mass is 10.1. The van der Waals surface area contributed by atoms with Crippen molar-refractivity contribution in [1.82, 2.24) is 10.2 Å². The van der Waals surface area contributed by atoms with Crippen LogP contribution in [0, 0.1) is 0 Å². The Bertz CT molecular complexity index is 1860. The second-order valence-corrected chi connectivity index (χ2v) is 10.7. The number of rotatable bonds is 10. The topological polar surface area (TPSA) is 162 Å². The van der Waals surface area contributed by atoms with Crippen molar-refractivity contribution in [2.75, 3.05) is 33.5 Å². The van der Waals surface area contributed by atoms with E-state index in [-0.39, 0.29) is 17.3 Å². The van der Waals surface area contributed by atoms with Gasteiger partial charge in [-0.1, -0.05) is 30.3 Å². The van der Waals surface area contributed by atoms with Gasteiger partial charge in [0.1, 0.15) is 11.4 Å². The Kier molecular flexibility index (Phi) is 6.86. The van der Waals surface area contributed by atoms with E-state index in [0.29, 0.717) is 46.6 Å². The Morgan fingerprint density at radius 1 is 0.897 bits per heavy atom. The van der Waals surface area contributed by atoms with E-state index in [0.717, 1.165) is 11.8 Å². The zero-order valence-corrected chi connectivity index (χ0v) is 21.6. The van der Waals surface area contributed by atoms with Crippen molar-refractivity contribution in [3.8, 4) is 0 Å². The summed E-state index contributed by atoms with van der Waals surface area (Å²) in [5, 5.41) is 16.5. The van der Waals surface area contributed by atoms with Crippen LogP contribution in [0.4, 0.5) is 28.6 Å². The molecular formula is C27H24N6O5S. The summed E-state index contributed by atoms with van der Waals surface area (Å²) in [6.07, 6.45) is 1.57. The summed E-state index contributed by atoms with van der Waals surface area (Å²) in [7, 11) is -3.39. The molecule has 5 aromatic rings. The fraction of sp³-hybridized carbons (Fsp3) is 0.111. The molecule has 4 aromatic carbocycles. The summed E-state index contributed by atoms with van der Waals surface area (Å²) in [5.41, 5.74) is 2.06. The number of amides is 1. The molecule has 39 heavy (non-hydrogen) atoms. The van der Waals surface area contributed by atoms with Gasteiger partial charge in [-0.15, -0.1) is 0 Å². The predicted molar refractivity (Wildman–Crippen MR) is 152 cm³/mol. The highest BCUT2D eigenvalue weighted by Gasteiger charge is 2.21. The molecular weight excluding hydrogens is 520 g/mol. The standard InChI is InChI=1S/C27H24N6O5S/c1-39(37,38)33-19-9-5-6-16(14-19)12-13-28-22-23(25(35)24(22)34)29-18-10-11-21-20(15-18)26(32-31-21)30-27(36)17-7-3-2-4-8-17/h2-11,14-15,28-29,33H,12-13H2,1H3,(H2,30,31,32,36). The fourth-order valence-corrected chi connectivity index (χ4v) is 4.67. The van der Waals surface area contributed by atoms with Crippen molar-refractivity contribution in [2.45, 2.75) is 6.42 Å². The maximum atomic E-state index is 12.6. The molecule has 0 radical (unpaired) electrons. The van der Waals surface area contributed by atoms with Gasteiger partial charge in [0, 0.05) is 28.9 Å². The summed E-state index contributed by atoms with van der Waals surface area (Å²) in [6.45, 7) is 0.346. The van der Waals surface area contributed by atoms with Gasteiger partial charge >= 0.3 is 0 Å². The molecule has 0 unspecified atom stereocenters. The number of fused-ring (bicyclic) bond motifs is 1. The van der Waals surface area contributed by atoms with Gasteiger partial charge in [-0.05, 0) is 54.4 Å². The van der Waals surface area contributed by atoms with E-state index in [2.05, 4.69) is 30.9 Å². The van der Waals surface area contributed by atoms with E-state index in [9.17, 15) is 22.8 Å². The highest BCUT2D eigenvalue weighted by atomic mass is 32.2. The Hall–Kier alpha value is -4.97. The maximum absolute atomic E-state index is 12.6. The van der Waals surface area contributed by atoms with Crippen molar-refractivity contribution >= 4 is 55.4 Å². The van der Waals surface area contributed by atoms with Crippen molar-refractivity contribution < 1.29 is 13.2 Å². The number of nitrogens with zero attached hydrogens (tertiary/aromatic N) is 1. The van der Waals surface area contributed by atoms with E-state index in [1.165, 1.54) is 0 Å². The third-order valence-corrected chi connectivity index (χ3v) is 6.56. The largest absolute Gasteiger partial charge is 0.380 e. The van der Waals surface area contributed by atoms with Crippen molar-refractivity contribution in [3.05, 3.63) is 104 Å². The first-order valence-electron chi connectivity index (χ1n) is 11.9. The number of hydrogen-bond acceptors (Lipinski definition) is 8. The lowest BCUT2D eigenvalue weighted by Gasteiger charge is -2.15. The maximum Gasteiger partial charge on any atom is 0.256 e. The third-order valence-electron chi connectivity index (χ3n) is 5.96. The van der Waals surface area contributed by atoms with Crippen molar-refractivity contribution in [3.63, 3.8) is 0 Å². The molecule has 11 nitrogen and oxygen atoms in total. The number of nitrogens with one attached hydrogen (secondary N) is 5. The number of carbonyl (C=O) groups is 1. The minimum atomic E-state index is -3.39. The minimum absolute atomic E-state index is 0.144. The average Bonchev–Trinajstić information content (AvgIpc) is 3.31. The Morgan fingerprint density at radius 3 is 2.44 bits per heavy atom. The zero-order valence-electron chi connectivity index (χ0n) is 20.7. The summed E-state index contributed by atoms with van der Waals surface area (Å²) < 4.78 is 25.4. The van der Waals surface area contributed by atoms with E-state index in [1.807, 2.05) is 12.1 Å². The van der Waals surface area contributed by atoms with Crippen LogP contribution >= 0.6 is 0 Å². The first kappa shape index (κ1) is 25.7. The summed E-state index contributed by atoms with van der Waals surface area (Å²) >= 11 is 0. The number of aromatic nitrogens is 2.